The molecule has 0 aromatic carbocycles. The summed E-state index contributed by atoms with van der Waals surface area (Å²) in [6.07, 6.45) is 3.82. The van der Waals surface area contributed by atoms with Crippen LogP contribution >= 0.6 is 0 Å². The summed E-state index contributed by atoms with van der Waals surface area (Å²) < 4.78 is 32.6. The van der Waals surface area contributed by atoms with Crippen molar-refractivity contribution in [3.05, 3.63) is 0 Å². The number of likely N-dealkylation sites (N-methyl/N-ethyl adjacent to an activating group) is 1. The first-order valence-electron chi connectivity index (χ1n) is 6.47. The first kappa shape index (κ1) is 15.8. The van der Waals surface area contributed by atoms with Gasteiger partial charge < -0.3 is 10.5 Å². The normalized spacial score (nSPS) is 21.7. The standard InChI is InChI=1S/C11H25N3O3S/c1-13(8-5-7-12)18(15,16)14(2)10-11-6-3-4-9-17-11/h11H,3-10,12H2,1-2H3. The van der Waals surface area contributed by atoms with E-state index in [4.69, 9.17) is 10.5 Å². The fourth-order valence-electron chi connectivity index (χ4n) is 2.00. The van der Waals surface area contributed by atoms with Gasteiger partial charge in [-0.05, 0) is 32.2 Å². The smallest absolute Gasteiger partial charge is 0.281 e. The zero-order valence-corrected chi connectivity index (χ0v) is 12.2. The first-order valence-corrected chi connectivity index (χ1v) is 7.87. The number of hydrogen-bond acceptors (Lipinski definition) is 4. The second kappa shape index (κ2) is 7.40. The third-order valence-corrected chi connectivity index (χ3v) is 5.11. The van der Waals surface area contributed by atoms with E-state index in [0.717, 1.165) is 25.9 Å². The highest BCUT2D eigenvalue weighted by atomic mass is 32.2. The maximum absolute atomic E-state index is 12.2. The third-order valence-electron chi connectivity index (χ3n) is 3.20. The monoisotopic (exact) mass is 279 g/mol. The van der Waals surface area contributed by atoms with Crippen molar-refractivity contribution in [2.45, 2.75) is 31.8 Å². The zero-order chi connectivity index (χ0) is 13.6. The lowest BCUT2D eigenvalue weighted by molar-refractivity contribution is 0.00805. The van der Waals surface area contributed by atoms with Crippen LogP contribution in [0.25, 0.3) is 0 Å². The molecule has 108 valence electrons. The molecule has 2 N–H and O–H groups in total. The molecule has 6 nitrogen and oxygen atoms in total. The molecule has 0 spiro atoms. The predicted octanol–water partition coefficient (Wildman–Crippen LogP) is 0.0127. The summed E-state index contributed by atoms with van der Waals surface area (Å²) in [4.78, 5) is 0. The number of hydrogen-bond donors (Lipinski definition) is 1. The van der Waals surface area contributed by atoms with Crippen LogP contribution in [0.5, 0.6) is 0 Å². The Bertz CT molecular complexity index is 328. The summed E-state index contributed by atoms with van der Waals surface area (Å²) in [6, 6.07) is 0. The summed E-state index contributed by atoms with van der Waals surface area (Å²) in [5, 5.41) is 0. The largest absolute Gasteiger partial charge is 0.377 e. The van der Waals surface area contributed by atoms with E-state index in [1.54, 1.807) is 14.1 Å². The van der Waals surface area contributed by atoms with Gasteiger partial charge in [0.1, 0.15) is 0 Å². The second-order valence-electron chi connectivity index (χ2n) is 4.74. The third kappa shape index (κ3) is 4.47. The molecule has 0 radical (unpaired) electrons. The van der Waals surface area contributed by atoms with Gasteiger partial charge in [-0.2, -0.15) is 17.0 Å². The van der Waals surface area contributed by atoms with Crippen molar-refractivity contribution in [3.63, 3.8) is 0 Å². The highest BCUT2D eigenvalue weighted by Crippen LogP contribution is 2.15. The van der Waals surface area contributed by atoms with Crippen LogP contribution in [0.15, 0.2) is 0 Å². The molecule has 1 rings (SSSR count). The number of nitrogens with two attached hydrogens (primary N) is 1. The van der Waals surface area contributed by atoms with Crippen LogP contribution in [-0.4, -0.2) is 63.5 Å². The molecule has 0 aromatic heterocycles. The average molecular weight is 279 g/mol. The van der Waals surface area contributed by atoms with Crippen molar-refractivity contribution in [2.75, 3.05) is 40.3 Å². The molecule has 1 saturated heterocycles. The van der Waals surface area contributed by atoms with Crippen molar-refractivity contribution in [3.8, 4) is 0 Å². The van der Waals surface area contributed by atoms with Crippen LogP contribution in [0.4, 0.5) is 0 Å². The Hall–Kier alpha value is -0.210. The van der Waals surface area contributed by atoms with E-state index < -0.39 is 10.2 Å². The van der Waals surface area contributed by atoms with E-state index in [-0.39, 0.29) is 6.10 Å². The van der Waals surface area contributed by atoms with E-state index in [1.807, 2.05) is 0 Å². The highest BCUT2D eigenvalue weighted by molar-refractivity contribution is 7.86. The van der Waals surface area contributed by atoms with E-state index in [2.05, 4.69) is 0 Å². The van der Waals surface area contributed by atoms with Crippen LogP contribution in [0, 0.1) is 0 Å². The van der Waals surface area contributed by atoms with Gasteiger partial charge >= 0.3 is 0 Å². The van der Waals surface area contributed by atoms with Gasteiger partial charge in [-0.15, -0.1) is 0 Å². The van der Waals surface area contributed by atoms with Crippen LogP contribution in [0.1, 0.15) is 25.7 Å². The van der Waals surface area contributed by atoms with Gasteiger partial charge in [0.2, 0.25) is 0 Å². The molecule has 1 heterocycles. The molecule has 1 aliphatic heterocycles. The topological polar surface area (TPSA) is 75.9 Å². The summed E-state index contributed by atoms with van der Waals surface area (Å²) in [5.41, 5.74) is 5.39. The van der Waals surface area contributed by atoms with Crippen molar-refractivity contribution in [2.24, 2.45) is 5.73 Å². The fourth-order valence-corrected chi connectivity index (χ4v) is 3.19. The molecule has 1 unspecified atom stereocenters. The van der Waals surface area contributed by atoms with Crippen LogP contribution in [0.3, 0.4) is 0 Å². The lowest BCUT2D eigenvalue weighted by Crippen LogP contribution is -2.44. The highest BCUT2D eigenvalue weighted by Gasteiger charge is 2.26. The maximum atomic E-state index is 12.2. The lowest BCUT2D eigenvalue weighted by atomic mass is 10.1. The maximum Gasteiger partial charge on any atom is 0.281 e. The minimum Gasteiger partial charge on any atom is -0.377 e. The van der Waals surface area contributed by atoms with Crippen molar-refractivity contribution in [1.29, 1.82) is 0 Å². The van der Waals surface area contributed by atoms with Gasteiger partial charge in [0, 0.05) is 33.8 Å². The van der Waals surface area contributed by atoms with Crippen molar-refractivity contribution >= 4 is 10.2 Å². The van der Waals surface area contributed by atoms with Crippen molar-refractivity contribution in [1.82, 2.24) is 8.61 Å². The number of ether oxygens (including phenoxy) is 1. The molecule has 0 amide bonds. The summed E-state index contributed by atoms with van der Waals surface area (Å²) in [7, 11) is -0.190. The van der Waals surface area contributed by atoms with Gasteiger partial charge in [-0.25, -0.2) is 0 Å². The molecule has 1 atom stereocenters. The Balaban J connectivity index is 2.49. The molecule has 0 aliphatic carbocycles. The lowest BCUT2D eigenvalue weighted by Gasteiger charge is -2.29. The summed E-state index contributed by atoms with van der Waals surface area (Å²) in [6.45, 7) is 2.11. The van der Waals surface area contributed by atoms with Crippen LogP contribution in [0.2, 0.25) is 0 Å². The molecule has 18 heavy (non-hydrogen) atoms. The van der Waals surface area contributed by atoms with E-state index in [1.165, 1.54) is 8.61 Å². The SMILES string of the molecule is CN(CCCN)S(=O)(=O)N(C)CC1CCCCO1. The van der Waals surface area contributed by atoms with E-state index >= 15 is 0 Å². The number of rotatable bonds is 7. The zero-order valence-electron chi connectivity index (χ0n) is 11.3. The Labute approximate surface area is 110 Å². The van der Waals surface area contributed by atoms with Gasteiger partial charge in [-0.1, -0.05) is 0 Å². The molecule has 7 heteroatoms. The minimum atomic E-state index is -3.38. The quantitative estimate of drug-likeness (QED) is 0.712. The van der Waals surface area contributed by atoms with Crippen molar-refractivity contribution < 1.29 is 13.2 Å². The van der Waals surface area contributed by atoms with Gasteiger partial charge in [0.15, 0.2) is 0 Å². The number of nitrogens with zero attached hydrogens (tertiary/aromatic N) is 2. The average Bonchev–Trinajstić information content (AvgIpc) is 2.36. The molecule has 1 aliphatic rings. The summed E-state index contributed by atoms with van der Waals surface area (Å²) in [5.74, 6) is 0. The Morgan fingerprint density at radius 2 is 2.00 bits per heavy atom. The Morgan fingerprint density at radius 3 is 2.56 bits per heavy atom. The van der Waals surface area contributed by atoms with Gasteiger partial charge in [0.25, 0.3) is 10.2 Å². The minimum absolute atomic E-state index is 0.0291. The molecular formula is C11H25N3O3S. The van der Waals surface area contributed by atoms with Gasteiger partial charge in [0.05, 0.1) is 6.10 Å². The second-order valence-corrected chi connectivity index (χ2v) is 6.88. The fraction of sp³-hybridized carbons (Fsp3) is 1.00. The predicted molar refractivity (Wildman–Crippen MR) is 71.4 cm³/mol. The molecule has 1 fully saturated rings. The first-order chi connectivity index (χ1) is 8.48. The Morgan fingerprint density at radius 1 is 1.28 bits per heavy atom. The summed E-state index contributed by atoms with van der Waals surface area (Å²) >= 11 is 0. The van der Waals surface area contributed by atoms with Crippen LogP contribution in [-0.2, 0) is 14.9 Å². The molecular weight excluding hydrogens is 254 g/mol. The molecule has 0 aromatic rings. The van der Waals surface area contributed by atoms with E-state index in [9.17, 15) is 8.42 Å². The van der Waals surface area contributed by atoms with Crippen LogP contribution < -0.4 is 5.73 Å². The molecule has 0 saturated carbocycles. The molecule has 0 bridgehead atoms. The Kier molecular flexibility index (Phi) is 6.51. The van der Waals surface area contributed by atoms with E-state index in [0.29, 0.717) is 26.1 Å². The van der Waals surface area contributed by atoms with Gasteiger partial charge in [-0.3, -0.25) is 0 Å².